The Morgan fingerprint density at radius 3 is 2.44 bits per heavy atom. The molecular formula is C20H18N2O3. The number of rotatable bonds is 5. The molecule has 3 aromatic carbocycles. The Balaban J connectivity index is 1.73. The molecule has 5 heteroatoms. The second-order valence-electron chi connectivity index (χ2n) is 5.99. The van der Waals surface area contributed by atoms with E-state index in [1.54, 1.807) is 30.1 Å². The lowest BCUT2D eigenvalue weighted by Crippen LogP contribution is -2.27. The number of carbonyl (C=O) groups excluding carboxylic acids is 1. The quantitative estimate of drug-likeness (QED) is 0.524. The normalized spacial score (nSPS) is 10.6. The van der Waals surface area contributed by atoms with Crippen molar-refractivity contribution in [2.75, 3.05) is 7.05 Å². The molecule has 0 fully saturated rings. The monoisotopic (exact) mass is 334 g/mol. The standard InChI is InChI=1S/C20H18N2O3/c1-21(14-15-10-11-16-6-2-3-7-17(16)12-15)20(23)13-18-8-4-5-9-19(18)22(24)25/h2-12H,13-14H2,1H3. The molecule has 0 saturated heterocycles. The highest BCUT2D eigenvalue weighted by atomic mass is 16.6. The van der Waals surface area contributed by atoms with E-state index in [2.05, 4.69) is 6.07 Å². The molecule has 0 aliphatic carbocycles. The zero-order valence-corrected chi connectivity index (χ0v) is 13.9. The van der Waals surface area contributed by atoms with E-state index in [9.17, 15) is 14.9 Å². The summed E-state index contributed by atoms with van der Waals surface area (Å²) in [4.78, 5) is 24.7. The van der Waals surface area contributed by atoms with Gasteiger partial charge in [0, 0.05) is 25.2 Å². The van der Waals surface area contributed by atoms with Gasteiger partial charge in [0.25, 0.3) is 5.69 Å². The van der Waals surface area contributed by atoms with Crippen LogP contribution in [0.15, 0.2) is 66.7 Å². The molecule has 0 spiro atoms. The van der Waals surface area contributed by atoms with Crippen LogP contribution in [-0.2, 0) is 17.8 Å². The van der Waals surface area contributed by atoms with Crippen molar-refractivity contribution in [2.24, 2.45) is 0 Å². The SMILES string of the molecule is CN(Cc1ccc2ccccc2c1)C(=O)Cc1ccccc1[N+](=O)[O-]. The first-order valence-electron chi connectivity index (χ1n) is 7.98. The maximum Gasteiger partial charge on any atom is 0.273 e. The van der Waals surface area contributed by atoms with Crippen molar-refractivity contribution in [3.8, 4) is 0 Å². The van der Waals surface area contributed by atoms with Gasteiger partial charge in [0.05, 0.1) is 11.3 Å². The molecule has 25 heavy (non-hydrogen) atoms. The lowest BCUT2D eigenvalue weighted by molar-refractivity contribution is -0.385. The Hall–Kier alpha value is -3.21. The van der Waals surface area contributed by atoms with E-state index in [0.29, 0.717) is 12.1 Å². The van der Waals surface area contributed by atoms with Gasteiger partial charge in [-0.1, -0.05) is 54.6 Å². The van der Waals surface area contributed by atoms with Gasteiger partial charge in [-0.3, -0.25) is 14.9 Å². The molecule has 126 valence electrons. The number of carbonyl (C=O) groups is 1. The molecule has 5 nitrogen and oxygen atoms in total. The highest BCUT2D eigenvalue weighted by molar-refractivity contribution is 5.83. The summed E-state index contributed by atoms with van der Waals surface area (Å²) < 4.78 is 0. The number of benzene rings is 3. The zero-order valence-electron chi connectivity index (χ0n) is 13.9. The first-order valence-corrected chi connectivity index (χ1v) is 7.98. The van der Waals surface area contributed by atoms with Gasteiger partial charge in [0.1, 0.15) is 0 Å². The van der Waals surface area contributed by atoms with E-state index in [-0.39, 0.29) is 18.0 Å². The van der Waals surface area contributed by atoms with Gasteiger partial charge in [-0.25, -0.2) is 0 Å². The molecule has 0 aromatic heterocycles. The van der Waals surface area contributed by atoms with E-state index in [1.807, 2.05) is 36.4 Å². The largest absolute Gasteiger partial charge is 0.341 e. The molecule has 0 N–H and O–H groups in total. The first kappa shape index (κ1) is 16.6. The van der Waals surface area contributed by atoms with E-state index >= 15 is 0 Å². The second-order valence-corrected chi connectivity index (χ2v) is 5.99. The molecule has 0 heterocycles. The molecule has 0 radical (unpaired) electrons. The molecule has 3 aromatic rings. The smallest absolute Gasteiger partial charge is 0.273 e. The molecular weight excluding hydrogens is 316 g/mol. The number of nitrogens with zero attached hydrogens (tertiary/aromatic N) is 2. The number of hydrogen-bond acceptors (Lipinski definition) is 3. The van der Waals surface area contributed by atoms with Crippen molar-refractivity contribution in [1.29, 1.82) is 0 Å². The van der Waals surface area contributed by atoms with Crippen LogP contribution in [0.4, 0.5) is 5.69 Å². The Bertz CT molecular complexity index is 937. The second kappa shape index (κ2) is 7.13. The Kier molecular flexibility index (Phi) is 4.75. The van der Waals surface area contributed by atoms with Gasteiger partial charge in [0.15, 0.2) is 0 Å². The maximum absolute atomic E-state index is 12.5. The minimum Gasteiger partial charge on any atom is -0.341 e. The highest BCUT2D eigenvalue weighted by Crippen LogP contribution is 2.20. The summed E-state index contributed by atoms with van der Waals surface area (Å²) in [5.74, 6) is -0.151. The Morgan fingerprint density at radius 2 is 1.68 bits per heavy atom. The summed E-state index contributed by atoms with van der Waals surface area (Å²) >= 11 is 0. The van der Waals surface area contributed by atoms with E-state index in [0.717, 1.165) is 16.3 Å². The van der Waals surface area contributed by atoms with Gasteiger partial charge < -0.3 is 4.90 Å². The number of hydrogen-bond donors (Lipinski definition) is 0. The molecule has 0 atom stereocenters. The molecule has 0 aliphatic rings. The average Bonchev–Trinajstić information content (AvgIpc) is 2.61. The fourth-order valence-electron chi connectivity index (χ4n) is 2.84. The summed E-state index contributed by atoms with van der Waals surface area (Å²) in [6, 6.07) is 20.5. The van der Waals surface area contributed by atoms with Crippen molar-refractivity contribution < 1.29 is 9.72 Å². The first-order chi connectivity index (χ1) is 12.0. The van der Waals surface area contributed by atoms with Crippen LogP contribution in [0.2, 0.25) is 0 Å². The molecule has 0 unspecified atom stereocenters. The summed E-state index contributed by atoms with van der Waals surface area (Å²) in [6.45, 7) is 0.463. The number of nitro groups is 1. The van der Waals surface area contributed by atoms with Gasteiger partial charge in [-0.2, -0.15) is 0 Å². The predicted octanol–water partition coefficient (Wildman–Crippen LogP) is 3.95. The molecule has 3 rings (SSSR count). The summed E-state index contributed by atoms with van der Waals surface area (Å²) in [5.41, 5.74) is 1.44. The van der Waals surface area contributed by atoms with Gasteiger partial charge in [0.2, 0.25) is 5.91 Å². The van der Waals surface area contributed by atoms with Crippen molar-refractivity contribution in [3.63, 3.8) is 0 Å². The number of fused-ring (bicyclic) bond motifs is 1. The third-order valence-corrected chi connectivity index (χ3v) is 4.19. The lowest BCUT2D eigenvalue weighted by atomic mass is 10.1. The summed E-state index contributed by atoms with van der Waals surface area (Å²) in [7, 11) is 1.71. The zero-order chi connectivity index (χ0) is 17.8. The number of para-hydroxylation sites is 1. The molecule has 0 bridgehead atoms. The van der Waals surface area contributed by atoms with Crippen LogP contribution in [0.3, 0.4) is 0 Å². The lowest BCUT2D eigenvalue weighted by Gasteiger charge is -2.17. The molecule has 0 aliphatic heterocycles. The van der Waals surface area contributed by atoms with Gasteiger partial charge in [-0.05, 0) is 22.4 Å². The van der Waals surface area contributed by atoms with Crippen LogP contribution < -0.4 is 0 Å². The highest BCUT2D eigenvalue weighted by Gasteiger charge is 2.18. The van der Waals surface area contributed by atoms with E-state index in [4.69, 9.17) is 0 Å². The van der Waals surface area contributed by atoms with E-state index in [1.165, 1.54) is 6.07 Å². The minimum atomic E-state index is -0.452. The fourth-order valence-corrected chi connectivity index (χ4v) is 2.84. The van der Waals surface area contributed by atoms with Gasteiger partial charge >= 0.3 is 0 Å². The Labute approximate surface area is 145 Å². The van der Waals surface area contributed by atoms with Gasteiger partial charge in [-0.15, -0.1) is 0 Å². The van der Waals surface area contributed by atoms with Crippen molar-refractivity contribution >= 4 is 22.4 Å². The number of nitro benzene ring substituents is 1. The fraction of sp³-hybridized carbons (Fsp3) is 0.150. The average molecular weight is 334 g/mol. The van der Waals surface area contributed by atoms with E-state index < -0.39 is 4.92 Å². The van der Waals surface area contributed by atoms with Crippen LogP contribution in [0, 0.1) is 10.1 Å². The third kappa shape index (κ3) is 3.83. The number of amides is 1. The van der Waals surface area contributed by atoms with Crippen LogP contribution in [0.5, 0.6) is 0 Å². The third-order valence-electron chi connectivity index (χ3n) is 4.19. The molecule has 1 amide bonds. The van der Waals surface area contributed by atoms with Crippen LogP contribution in [-0.4, -0.2) is 22.8 Å². The van der Waals surface area contributed by atoms with Crippen LogP contribution in [0.1, 0.15) is 11.1 Å². The predicted molar refractivity (Wildman–Crippen MR) is 97.2 cm³/mol. The molecule has 0 saturated carbocycles. The minimum absolute atomic E-state index is 0.0151. The summed E-state index contributed by atoms with van der Waals surface area (Å²) in [6.07, 6.45) is 0.0151. The maximum atomic E-state index is 12.5. The topological polar surface area (TPSA) is 63.5 Å². The van der Waals surface area contributed by atoms with Crippen molar-refractivity contribution in [3.05, 3.63) is 88.0 Å². The van der Waals surface area contributed by atoms with Crippen LogP contribution in [0.25, 0.3) is 10.8 Å². The van der Waals surface area contributed by atoms with Crippen LogP contribution >= 0.6 is 0 Å². The van der Waals surface area contributed by atoms with Crippen molar-refractivity contribution in [1.82, 2.24) is 4.90 Å². The number of likely N-dealkylation sites (N-methyl/N-ethyl adjacent to an activating group) is 1. The summed E-state index contributed by atoms with van der Waals surface area (Å²) in [5, 5.41) is 13.3. The Morgan fingerprint density at radius 1 is 1.00 bits per heavy atom. The van der Waals surface area contributed by atoms with Crippen molar-refractivity contribution in [2.45, 2.75) is 13.0 Å².